The predicted octanol–water partition coefficient (Wildman–Crippen LogP) is 5.93. The Morgan fingerprint density at radius 3 is 2.80 bits per heavy atom. The fourth-order valence-corrected chi connectivity index (χ4v) is 4.66. The SMILES string of the molecule is O=C1CC(c2cc(Br)ccc2F)c2scc(-c3cccc(F)c3)c2N1. The van der Waals surface area contributed by atoms with Crippen LogP contribution in [0.25, 0.3) is 11.1 Å². The van der Waals surface area contributed by atoms with Crippen molar-refractivity contribution in [1.29, 1.82) is 0 Å². The van der Waals surface area contributed by atoms with Crippen molar-refractivity contribution in [2.75, 3.05) is 5.32 Å². The van der Waals surface area contributed by atoms with Gasteiger partial charge in [-0.25, -0.2) is 8.78 Å². The highest BCUT2D eigenvalue weighted by Gasteiger charge is 2.32. The van der Waals surface area contributed by atoms with Crippen molar-refractivity contribution in [2.45, 2.75) is 12.3 Å². The lowest BCUT2D eigenvalue weighted by atomic mass is 9.89. The van der Waals surface area contributed by atoms with Crippen LogP contribution in [0.2, 0.25) is 0 Å². The molecule has 4 rings (SSSR count). The largest absolute Gasteiger partial charge is 0.325 e. The van der Waals surface area contributed by atoms with Crippen LogP contribution in [0.3, 0.4) is 0 Å². The third kappa shape index (κ3) is 3.00. The first-order valence-corrected chi connectivity index (χ1v) is 9.32. The molecule has 2 aromatic carbocycles. The maximum atomic E-state index is 14.4. The van der Waals surface area contributed by atoms with E-state index in [0.29, 0.717) is 16.8 Å². The maximum absolute atomic E-state index is 14.4. The highest BCUT2D eigenvalue weighted by atomic mass is 79.9. The van der Waals surface area contributed by atoms with Gasteiger partial charge in [0.15, 0.2) is 0 Å². The summed E-state index contributed by atoms with van der Waals surface area (Å²) in [4.78, 5) is 13.1. The quantitative estimate of drug-likeness (QED) is 0.547. The van der Waals surface area contributed by atoms with Gasteiger partial charge >= 0.3 is 0 Å². The number of amides is 1. The fraction of sp³-hybridized carbons (Fsp3) is 0.105. The summed E-state index contributed by atoms with van der Waals surface area (Å²) in [5, 5.41) is 4.76. The van der Waals surface area contributed by atoms with E-state index in [2.05, 4.69) is 21.2 Å². The first-order valence-electron chi connectivity index (χ1n) is 7.65. The van der Waals surface area contributed by atoms with Gasteiger partial charge in [-0.2, -0.15) is 0 Å². The molecule has 2 heterocycles. The Morgan fingerprint density at radius 2 is 2.00 bits per heavy atom. The standard InChI is InChI=1S/C19H12BrF2NOS/c20-11-4-5-16(22)13(7-11)14-8-17(24)23-18-15(9-25-19(14)18)10-2-1-3-12(21)6-10/h1-7,9,14H,8H2,(H,23,24). The van der Waals surface area contributed by atoms with Crippen LogP contribution in [0.1, 0.15) is 22.8 Å². The second-order valence-electron chi connectivity index (χ2n) is 5.87. The van der Waals surface area contributed by atoms with Gasteiger partial charge in [0.2, 0.25) is 5.91 Å². The minimum atomic E-state index is -0.353. The molecule has 1 aromatic heterocycles. The zero-order valence-electron chi connectivity index (χ0n) is 12.9. The maximum Gasteiger partial charge on any atom is 0.225 e. The van der Waals surface area contributed by atoms with Crippen molar-refractivity contribution in [2.24, 2.45) is 0 Å². The van der Waals surface area contributed by atoms with Crippen molar-refractivity contribution >= 4 is 38.9 Å². The number of nitrogens with one attached hydrogen (secondary N) is 1. The molecule has 25 heavy (non-hydrogen) atoms. The van der Waals surface area contributed by atoms with Crippen LogP contribution in [0, 0.1) is 11.6 Å². The lowest BCUT2D eigenvalue weighted by molar-refractivity contribution is -0.116. The molecular weight excluding hydrogens is 408 g/mol. The fourth-order valence-electron chi connectivity index (χ4n) is 3.13. The highest BCUT2D eigenvalue weighted by molar-refractivity contribution is 9.10. The van der Waals surface area contributed by atoms with Gasteiger partial charge in [0.05, 0.1) is 5.69 Å². The van der Waals surface area contributed by atoms with E-state index in [-0.39, 0.29) is 29.9 Å². The van der Waals surface area contributed by atoms with Crippen LogP contribution in [-0.4, -0.2) is 5.91 Å². The van der Waals surface area contributed by atoms with Gasteiger partial charge in [-0.1, -0.05) is 28.1 Å². The number of thiophene rings is 1. The summed E-state index contributed by atoms with van der Waals surface area (Å²) < 4.78 is 28.7. The minimum Gasteiger partial charge on any atom is -0.325 e. The van der Waals surface area contributed by atoms with Crippen molar-refractivity contribution in [1.82, 2.24) is 0 Å². The lowest BCUT2D eigenvalue weighted by Gasteiger charge is -2.24. The average molecular weight is 420 g/mol. The molecule has 2 nitrogen and oxygen atoms in total. The number of carbonyl (C=O) groups excluding carboxylic acids is 1. The van der Waals surface area contributed by atoms with Crippen molar-refractivity contribution < 1.29 is 13.6 Å². The first kappa shape index (κ1) is 16.4. The number of anilines is 1. The van der Waals surface area contributed by atoms with E-state index in [1.54, 1.807) is 24.3 Å². The molecule has 6 heteroatoms. The van der Waals surface area contributed by atoms with Gasteiger partial charge in [0.1, 0.15) is 11.6 Å². The first-order chi connectivity index (χ1) is 12.0. The van der Waals surface area contributed by atoms with E-state index in [1.165, 1.54) is 29.5 Å². The summed E-state index contributed by atoms with van der Waals surface area (Å²) in [5.74, 6) is -1.20. The molecule has 1 N–H and O–H groups in total. The Kier molecular flexibility index (Phi) is 4.17. The Bertz CT molecular complexity index is 985. The van der Waals surface area contributed by atoms with E-state index in [0.717, 1.165) is 14.9 Å². The van der Waals surface area contributed by atoms with E-state index < -0.39 is 0 Å². The summed E-state index contributed by atoms with van der Waals surface area (Å²) in [5.41, 5.74) is 2.58. The molecule has 0 saturated carbocycles. The number of halogens is 3. The van der Waals surface area contributed by atoms with Gasteiger partial charge in [0.25, 0.3) is 0 Å². The molecule has 1 atom stereocenters. The van der Waals surface area contributed by atoms with Crippen molar-refractivity contribution in [3.63, 3.8) is 0 Å². The molecule has 1 unspecified atom stereocenters. The van der Waals surface area contributed by atoms with Gasteiger partial charge in [-0.15, -0.1) is 11.3 Å². The molecule has 0 saturated heterocycles. The molecule has 0 spiro atoms. The molecule has 0 fully saturated rings. The molecule has 0 bridgehead atoms. The highest BCUT2D eigenvalue weighted by Crippen LogP contribution is 2.47. The monoisotopic (exact) mass is 419 g/mol. The van der Waals surface area contributed by atoms with Crippen LogP contribution in [0.15, 0.2) is 52.3 Å². The summed E-state index contributed by atoms with van der Waals surface area (Å²) in [6.45, 7) is 0. The van der Waals surface area contributed by atoms with Crippen LogP contribution < -0.4 is 5.32 Å². The molecule has 1 amide bonds. The van der Waals surface area contributed by atoms with Crippen molar-refractivity contribution in [3.8, 4) is 11.1 Å². The molecule has 126 valence electrons. The second-order valence-corrected chi connectivity index (χ2v) is 7.70. The van der Waals surface area contributed by atoms with Crippen LogP contribution in [-0.2, 0) is 4.79 Å². The van der Waals surface area contributed by atoms with Crippen LogP contribution >= 0.6 is 27.3 Å². The van der Waals surface area contributed by atoms with Crippen molar-refractivity contribution in [3.05, 3.63) is 74.4 Å². The van der Waals surface area contributed by atoms with Gasteiger partial charge in [0, 0.05) is 32.6 Å². The second kappa shape index (κ2) is 6.35. The zero-order valence-corrected chi connectivity index (χ0v) is 15.3. The molecule has 1 aliphatic rings. The van der Waals surface area contributed by atoms with Gasteiger partial charge < -0.3 is 5.32 Å². The Morgan fingerprint density at radius 1 is 1.16 bits per heavy atom. The van der Waals surface area contributed by atoms with E-state index in [9.17, 15) is 13.6 Å². The number of benzene rings is 2. The molecule has 0 aliphatic carbocycles. The van der Waals surface area contributed by atoms with Gasteiger partial charge in [-0.05, 0) is 41.5 Å². The third-order valence-corrected chi connectivity index (χ3v) is 5.85. The molecule has 0 radical (unpaired) electrons. The van der Waals surface area contributed by atoms with Gasteiger partial charge in [-0.3, -0.25) is 4.79 Å². The number of hydrogen-bond acceptors (Lipinski definition) is 2. The molecule has 3 aromatic rings. The number of rotatable bonds is 2. The Hall–Kier alpha value is -2.05. The topological polar surface area (TPSA) is 29.1 Å². The summed E-state index contributed by atoms with van der Waals surface area (Å²) in [7, 11) is 0. The Balaban J connectivity index is 1.86. The van der Waals surface area contributed by atoms with Crippen LogP contribution in [0.4, 0.5) is 14.5 Å². The normalized spacial score (nSPS) is 16.4. The predicted molar refractivity (Wildman–Crippen MR) is 98.9 cm³/mol. The molecular formula is C19H12BrF2NOS. The summed E-state index contributed by atoms with van der Waals surface area (Å²) in [6.07, 6.45) is 0.184. The average Bonchev–Trinajstić information content (AvgIpc) is 3.00. The van der Waals surface area contributed by atoms with E-state index in [4.69, 9.17) is 0 Å². The number of carbonyl (C=O) groups is 1. The Labute approximate surface area is 155 Å². The number of hydrogen-bond donors (Lipinski definition) is 1. The lowest BCUT2D eigenvalue weighted by Crippen LogP contribution is -2.23. The van der Waals surface area contributed by atoms with E-state index >= 15 is 0 Å². The third-order valence-electron chi connectivity index (χ3n) is 4.26. The zero-order chi connectivity index (χ0) is 17.6. The summed E-state index contributed by atoms with van der Waals surface area (Å²) in [6, 6.07) is 11.0. The summed E-state index contributed by atoms with van der Waals surface area (Å²) >= 11 is 4.82. The van der Waals surface area contributed by atoms with Crippen LogP contribution in [0.5, 0.6) is 0 Å². The molecule has 1 aliphatic heterocycles. The minimum absolute atomic E-state index is 0.173. The number of fused-ring (bicyclic) bond motifs is 1. The van der Waals surface area contributed by atoms with E-state index in [1.807, 2.05) is 5.38 Å². The smallest absolute Gasteiger partial charge is 0.225 e.